The molecule has 1 aliphatic heterocycles. The van der Waals surface area contributed by atoms with Crippen LogP contribution in [-0.2, 0) is 9.59 Å². The minimum atomic E-state index is -0.660. The quantitative estimate of drug-likeness (QED) is 0.179. The fourth-order valence-corrected chi connectivity index (χ4v) is 4.45. The summed E-state index contributed by atoms with van der Waals surface area (Å²) in [6.07, 6.45) is 4.59. The molecule has 43 heavy (non-hydrogen) atoms. The average molecular weight is 606 g/mol. The highest BCUT2D eigenvalue weighted by atomic mass is 35.5. The Labute approximate surface area is 256 Å². The third-order valence-electron chi connectivity index (χ3n) is 6.65. The zero-order valence-electron chi connectivity index (χ0n) is 24.9. The van der Waals surface area contributed by atoms with Crippen LogP contribution in [0.2, 0.25) is 5.02 Å². The van der Waals surface area contributed by atoms with Crippen molar-refractivity contribution in [3.63, 3.8) is 0 Å². The second-order valence-corrected chi connectivity index (χ2v) is 10.9. The fraction of sp³-hybridized carbons (Fsp3) is 0.300. The smallest absolute Gasteiger partial charge is 0.294 e. The molecular formula is C30H36ClN9O3. The second-order valence-electron chi connectivity index (χ2n) is 10.5. The number of amides is 2. The maximum atomic E-state index is 12.8. The van der Waals surface area contributed by atoms with E-state index in [-0.39, 0.29) is 28.3 Å². The van der Waals surface area contributed by atoms with Gasteiger partial charge in [-0.3, -0.25) is 14.4 Å². The molecule has 226 valence electrons. The normalized spacial score (nSPS) is 13.5. The summed E-state index contributed by atoms with van der Waals surface area (Å²) in [4.78, 5) is 54.2. The first kappa shape index (κ1) is 31.3. The van der Waals surface area contributed by atoms with Gasteiger partial charge in [0.15, 0.2) is 5.82 Å². The highest BCUT2D eigenvalue weighted by Gasteiger charge is 2.22. The van der Waals surface area contributed by atoms with Crippen molar-refractivity contribution < 1.29 is 14.4 Å². The lowest BCUT2D eigenvalue weighted by Crippen LogP contribution is -2.44. The number of aromatic nitrogens is 2. The number of hydrogen-bond donors (Lipinski definition) is 3. The number of para-hydroxylation sites is 1. The van der Waals surface area contributed by atoms with Gasteiger partial charge in [-0.2, -0.15) is 4.98 Å². The highest BCUT2D eigenvalue weighted by Crippen LogP contribution is 2.32. The van der Waals surface area contributed by atoms with Crippen molar-refractivity contribution in [1.82, 2.24) is 24.7 Å². The average Bonchev–Trinajstić information content (AvgIpc) is 2.98. The van der Waals surface area contributed by atoms with Crippen molar-refractivity contribution in [3.8, 4) is 0 Å². The van der Waals surface area contributed by atoms with Gasteiger partial charge >= 0.3 is 0 Å². The Hall–Kier alpha value is -4.68. The number of piperazine rings is 1. The fourth-order valence-electron chi connectivity index (χ4n) is 4.31. The largest absolute Gasteiger partial charge is 0.383 e. The molecule has 0 bridgehead atoms. The maximum Gasteiger partial charge on any atom is 0.294 e. The van der Waals surface area contributed by atoms with Crippen molar-refractivity contribution in [1.29, 1.82) is 0 Å². The van der Waals surface area contributed by atoms with Gasteiger partial charge in [0.25, 0.3) is 11.7 Å². The second kappa shape index (κ2) is 14.0. The number of carbonyl (C=O) groups is 3. The van der Waals surface area contributed by atoms with Crippen LogP contribution in [-0.4, -0.2) is 104 Å². The van der Waals surface area contributed by atoms with Crippen LogP contribution in [0.5, 0.6) is 0 Å². The van der Waals surface area contributed by atoms with Crippen LogP contribution >= 0.6 is 11.6 Å². The Morgan fingerprint density at radius 1 is 0.953 bits per heavy atom. The molecule has 2 amide bonds. The predicted octanol–water partition coefficient (Wildman–Crippen LogP) is 3.65. The summed E-state index contributed by atoms with van der Waals surface area (Å²) in [6, 6.07) is 12.3. The number of rotatable bonds is 10. The molecule has 0 radical (unpaired) electrons. The molecule has 1 aromatic heterocycles. The van der Waals surface area contributed by atoms with Gasteiger partial charge in [-0.25, -0.2) is 4.98 Å². The van der Waals surface area contributed by atoms with Gasteiger partial charge in [0.1, 0.15) is 5.02 Å². The van der Waals surface area contributed by atoms with E-state index in [1.165, 1.54) is 31.3 Å². The lowest BCUT2D eigenvalue weighted by atomic mass is 10.1. The first-order chi connectivity index (χ1) is 20.5. The van der Waals surface area contributed by atoms with Crippen LogP contribution in [0.15, 0.2) is 60.9 Å². The molecule has 0 aliphatic carbocycles. The van der Waals surface area contributed by atoms with E-state index in [1.807, 2.05) is 32.3 Å². The molecule has 1 saturated heterocycles. The van der Waals surface area contributed by atoms with Crippen molar-refractivity contribution in [3.05, 3.63) is 71.5 Å². The molecule has 13 heteroatoms. The molecule has 0 unspecified atom stereocenters. The number of nitrogens with one attached hydrogen (secondary N) is 3. The van der Waals surface area contributed by atoms with E-state index in [0.717, 1.165) is 31.9 Å². The van der Waals surface area contributed by atoms with Crippen LogP contribution in [0.1, 0.15) is 10.4 Å². The number of ketones is 1. The zero-order chi connectivity index (χ0) is 31.1. The first-order valence-corrected chi connectivity index (χ1v) is 14.0. The highest BCUT2D eigenvalue weighted by molar-refractivity contribution is 6.43. The molecular weight excluding hydrogens is 570 g/mol. The third-order valence-corrected chi connectivity index (χ3v) is 6.92. The SMILES string of the molecule is CN(C)/C=C/C(=O)Nc1cc(Nc2ncc(Cl)c(Nc3ccccc3C(=O)C(=O)N(C)C)n2)ccc1N1CCN(C)CC1. The molecule has 0 atom stereocenters. The monoisotopic (exact) mass is 605 g/mol. The van der Waals surface area contributed by atoms with Crippen LogP contribution in [0.3, 0.4) is 0 Å². The standard InChI is InChI=1S/C30H36ClN9O3/c1-37(2)13-12-26(41)34-24-18-20(10-11-25(24)40-16-14-39(5)15-17-40)33-30-32-19-22(31)28(36-30)35-23-9-7-6-8-21(23)27(42)29(43)38(3)4/h6-13,18-19H,14-17H2,1-5H3,(H,34,41)(H2,32,33,35,36)/b13-12+. The lowest BCUT2D eigenvalue weighted by Gasteiger charge is -2.35. The minimum absolute atomic E-state index is 0.189. The molecule has 1 fully saturated rings. The molecule has 3 N–H and O–H groups in total. The molecule has 12 nitrogen and oxygen atoms in total. The Morgan fingerprint density at radius 3 is 2.37 bits per heavy atom. The third kappa shape index (κ3) is 8.21. The number of Topliss-reactive ketones (excluding diaryl/α,β-unsaturated/α-hetero) is 1. The number of nitrogens with zero attached hydrogens (tertiary/aromatic N) is 6. The van der Waals surface area contributed by atoms with E-state index < -0.39 is 11.7 Å². The Balaban J connectivity index is 1.60. The van der Waals surface area contributed by atoms with E-state index in [1.54, 1.807) is 35.4 Å². The summed E-state index contributed by atoms with van der Waals surface area (Å²) < 4.78 is 0. The van der Waals surface area contributed by atoms with Gasteiger partial charge in [0.2, 0.25) is 11.9 Å². The van der Waals surface area contributed by atoms with Gasteiger partial charge in [-0.1, -0.05) is 23.7 Å². The van der Waals surface area contributed by atoms with Crippen molar-refractivity contribution in [2.45, 2.75) is 0 Å². The predicted molar refractivity (Wildman–Crippen MR) is 171 cm³/mol. The topological polar surface area (TPSA) is 126 Å². The van der Waals surface area contributed by atoms with E-state index in [4.69, 9.17) is 11.6 Å². The first-order valence-electron chi connectivity index (χ1n) is 13.7. The van der Waals surface area contributed by atoms with Gasteiger partial charge in [0.05, 0.1) is 28.8 Å². The number of halogens is 1. The van der Waals surface area contributed by atoms with Crippen LogP contribution in [0.25, 0.3) is 0 Å². The summed E-state index contributed by atoms with van der Waals surface area (Å²) in [6.45, 7) is 3.50. The van der Waals surface area contributed by atoms with Gasteiger partial charge < -0.3 is 35.6 Å². The van der Waals surface area contributed by atoms with E-state index in [2.05, 4.69) is 42.8 Å². The Kier molecular flexibility index (Phi) is 10.2. The molecule has 4 rings (SSSR count). The summed E-state index contributed by atoms with van der Waals surface area (Å²) in [5, 5.41) is 9.46. The van der Waals surface area contributed by atoms with Gasteiger partial charge in [-0.05, 0) is 37.4 Å². The Bertz CT molecular complexity index is 1520. The zero-order valence-corrected chi connectivity index (χ0v) is 25.6. The molecule has 0 spiro atoms. The maximum absolute atomic E-state index is 12.8. The summed E-state index contributed by atoms with van der Waals surface area (Å²) in [5.41, 5.74) is 2.77. The number of anilines is 6. The van der Waals surface area contributed by atoms with Gasteiger partial charge in [0, 0.05) is 72.3 Å². The Morgan fingerprint density at radius 2 is 1.67 bits per heavy atom. The molecule has 1 aliphatic rings. The molecule has 2 aromatic carbocycles. The van der Waals surface area contributed by atoms with E-state index in [0.29, 0.717) is 17.1 Å². The number of hydrogen-bond acceptors (Lipinski definition) is 10. The number of likely N-dealkylation sites (N-methyl/N-ethyl adjacent to an activating group) is 2. The van der Waals surface area contributed by atoms with Crippen molar-refractivity contribution >= 4 is 63.7 Å². The van der Waals surface area contributed by atoms with Crippen LogP contribution in [0, 0.1) is 0 Å². The molecule has 0 saturated carbocycles. The molecule has 3 aromatic rings. The summed E-state index contributed by atoms with van der Waals surface area (Å²) >= 11 is 6.40. The molecule has 2 heterocycles. The van der Waals surface area contributed by atoms with Crippen molar-refractivity contribution in [2.24, 2.45) is 0 Å². The van der Waals surface area contributed by atoms with Crippen molar-refractivity contribution in [2.75, 3.05) is 82.3 Å². The minimum Gasteiger partial charge on any atom is -0.383 e. The number of benzene rings is 2. The summed E-state index contributed by atoms with van der Waals surface area (Å²) in [5.74, 6) is -1.08. The number of carbonyl (C=O) groups excluding carboxylic acids is 3. The van der Waals surface area contributed by atoms with Crippen LogP contribution < -0.4 is 20.9 Å². The van der Waals surface area contributed by atoms with Crippen LogP contribution in [0.4, 0.5) is 34.5 Å². The van der Waals surface area contributed by atoms with E-state index in [9.17, 15) is 14.4 Å². The van der Waals surface area contributed by atoms with Gasteiger partial charge in [-0.15, -0.1) is 0 Å². The lowest BCUT2D eigenvalue weighted by molar-refractivity contribution is -0.124. The van der Waals surface area contributed by atoms with E-state index >= 15 is 0 Å². The summed E-state index contributed by atoms with van der Waals surface area (Å²) in [7, 11) is 8.82.